The monoisotopic (exact) mass is 716 g/mol. The second-order valence-corrected chi connectivity index (χ2v) is 14.0. The van der Waals surface area contributed by atoms with Gasteiger partial charge in [-0.3, -0.25) is 0 Å². The molecule has 8 aromatic carbocycles. The van der Waals surface area contributed by atoms with Gasteiger partial charge in [0.25, 0.3) is 0 Å². The van der Waals surface area contributed by atoms with Crippen molar-refractivity contribution < 1.29 is 8.83 Å². The summed E-state index contributed by atoms with van der Waals surface area (Å²) in [4.78, 5) is 10.9. The summed E-state index contributed by atoms with van der Waals surface area (Å²) in [6, 6.07) is 67.2. The molecule has 0 saturated heterocycles. The van der Waals surface area contributed by atoms with Gasteiger partial charge < -0.3 is 8.83 Å². The van der Waals surface area contributed by atoms with Crippen molar-refractivity contribution in [3.8, 4) is 67.3 Å². The Morgan fingerprint density at radius 1 is 0.304 bits per heavy atom. The van der Waals surface area contributed by atoms with Crippen molar-refractivity contribution in [2.45, 2.75) is 0 Å². The molecule has 0 atom stereocenters. The fraction of sp³-hybridized carbons (Fsp3) is 0. The Labute approximate surface area is 323 Å². The molecule has 0 spiro atoms. The summed E-state index contributed by atoms with van der Waals surface area (Å²) in [5.74, 6) is 0.608. The molecular weight excluding hydrogens is 685 g/mol. The van der Waals surface area contributed by atoms with Crippen molar-refractivity contribution in [2.75, 3.05) is 0 Å². The van der Waals surface area contributed by atoms with Crippen LogP contribution in [0.4, 0.5) is 0 Å². The van der Waals surface area contributed by atoms with E-state index in [-0.39, 0.29) is 0 Å². The Kier molecular flexibility index (Phi) is 7.46. The summed E-state index contributed by atoms with van der Waals surface area (Å²) in [6.07, 6.45) is 0. The number of hydrogen-bond acceptors (Lipinski definition) is 4. The fourth-order valence-corrected chi connectivity index (χ4v) is 8.21. The van der Waals surface area contributed by atoms with Gasteiger partial charge in [0.15, 0.2) is 5.82 Å². The van der Waals surface area contributed by atoms with Crippen LogP contribution in [0.5, 0.6) is 0 Å². The van der Waals surface area contributed by atoms with Crippen molar-refractivity contribution in [2.24, 2.45) is 0 Å². The molecule has 0 fully saturated rings. The van der Waals surface area contributed by atoms with Gasteiger partial charge in [0.2, 0.25) is 0 Å². The van der Waals surface area contributed by atoms with Gasteiger partial charge in [-0.25, -0.2) is 9.97 Å². The number of benzene rings is 8. The SMILES string of the molecule is c1ccc(-c2ccccc2-c2cccc(-c3nc(-c4cccc5c4oc4ccccc45)cc(-c4cccc5c4oc4ccccc45)n3)c2-c2ccccc2)cc1. The van der Waals surface area contributed by atoms with Gasteiger partial charge in [0.1, 0.15) is 22.3 Å². The standard InChI is InChI=1S/C52H32N2O2/c1-3-16-33(17-4-1)35-20-7-8-21-36(35)39-24-13-29-44(49(39)34-18-5-2-6-19-34)52-53-45(42-27-14-25-40-37-22-9-11-30-47(37)55-50(40)42)32-46(54-52)43-28-15-26-41-38-23-10-12-31-48(38)56-51(41)43/h1-32H. The molecule has 4 heteroatoms. The summed E-state index contributed by atoms with van der Waals surface area (Å²) in [5.41, 5.74) is 14.2. The van der Waals surface area contributed by atoms with E-state index in [9.17, 15) is 0 Å². The zero-order valence-corrected chi connectivity index (χ0v) is 30.2. The minimum atomic E-state index is 0.608. The lowest BCUT2D eigenvalue weighted by Crippen LogP contribution is -1.99. The predicted octanol–water partition coefficient (Wildman–Crippen LogP) is 14.3. The van der Waals surface area contributed by atoms with Gasteiger partial charge in [-0.05, 0) is 58.1 Å². The zero-order valence-electron chi connectivity index (χ0n) is 30.2. The molecule has 4 nitrogen and oxygen atoms in total. The second-order valence-electron chi connectivity index (χ2n) is 14.0. The highest BCUT2D eigenvalue weighted by Crippen LogP contribution is 2.45. The van der Waals surface area contributed by atoms with Crippen molar-refractivity contribution >= 4 is 43.9 Å². The Morgan fingerprint density at radius 3 is 1.34 bits per heavy atom. The van der Waals surface area contributed by atoms with Gasteiger partial charge in [0, 0.05) is 43.8 Å². The topological polar surface area (TPSA) is 52.1 Å². The molecule has 262 valence electrons. The van der Waals surface area contributed by atoms with Crippen LogP contribution in [-0.2, 0) is 0 Å². The van der Waals surface area contributed by atoms with E-state index < -0.39 is 0 Å². The van der Waals surface area contributed by atoms with Crippen molar-refractivity contribution in [3.63, 3.8) is 0 Å². The number of aromatic nitrogens is 2. The van der Waals surface area contributed by atoms with Crippen LogP contribution in [0.25, 0.3) is 111 Å². The lowest BCUT2D eigenvalue weighted by Gasteiger charge is -2.19. The van der Waals surface area contributed by atoms with Gasteiger partial charge in [-0.15, -0.1) is 0 Å². The first-order chi connectivity index (χ1) is 27.8. The number of fused-ring (bicyclic) bond motifs is 6. The Balaban J connectivity index is 1.22. The minimum absolute atomic E-state index is 0.608. The lowest BCUT2D eigenvalue weighted by atomic mass is 9.86. The molecule has 0 unspecified atom stereocenters. The third-order valence-corrected chi connectivity index (χ3v) is 10.8. The maximum atomic E-state index is 6.59. The predicted molar refractivity (Wildman–Crippen MR) is 229 cm³/mol. The Bertz CT molecular complexity index is 3120. The van der Waals surface area contributed by atoms with Crippen LogP contribution in [-0.4, -0.2) is 9.97 Å². The first-order valence-electron chi connectivity index (χ1n) is 18.8. The number of rotatable bonds is 6. The van der Waals surface area contributed by atoms with Crippen LogP contribution in [0.2, 0.25) is 0 Å². The third kappa shape index (κ3) is 5.23. The van der Waals surface area contributed by atoms with Crippen LogP contribution in [0, 0.1) is 0 Å². The van der Waals surface area contributed by atoms with E-state index in [0.717, 1.165) is 105 Å². The highest BCUT2D eigenvalue weighted by molar-refractivity contribution is 6.11. The van der Waals surface area contributed by atoms with Crippen LogP contribution in [0.1, 0.15) is 0 Å². The van der Waals surface area contributed by atoms with Gasteiger partial charge in [0.05, 0.1) is 11.4 Å². The molecule has 0 bridgehead atoms. The van der Waals surface area contributed by atoms with E-state index in [4.69, 9.17) is 18.8 Å². The van der Waals surface area contributed by atoms with Crippen molar-refractivity contribution in [1.29, 1.82) is 0 Å². The van der Waals surface area contributed by atoms with Crippen LogP contribution < -0.4 is 0 Å². The molecule has 11 aromatic rings. The first kappa shape index (κ1) is 31.9. The quantitative estimate of drug-likeness (QED) is 0.172. The average Bonchev–Trinajstić information content (AvgIpc) is 3.85. The minimum Gasteiger partial charge on any atom is -0.455 e. The molecule has 0 aliphatic carbocycles. The molecule has 0 radical (unpaired) electrons. The van der Waals surface area contributed by atoms with Gasteiger partial charge in [-0.2, -0.15) is 0 Å². The molecule has 0 N–H and O–H groups in total. The number of para-hydroxylation sites is 4. The molecule has 0 amide bonds. The summed E-state index contributed by atoms with van der Waals surface area (Å²) in [6.45, 7) is 0. The first-order valence-corrected chi connectivity index (χ1v) is 18.8. The average molecular weight is 717 g/mol. The van der Waals surface area contributed by atoms with E-state index >= 15 is 0 Å². The maximum Gasteiger partial charge on any atom is 0.161 e. The lowest BCUT2D eigenvalue weighted by molar-refractivity contribution is 0.669. The number of furan rings is 2. The van der Waals surface area contributed by atoms with Crippen LogP contribution in [0.3, 0.4) is 0 Å². The molecule has 11 rings (SSSR count). The number of nitrogens with zero attached hydrogens (tertiary/aromatic N) is 2. The van der Waals surface area contributed by atoms with Crippen molar-refractivity contribution in [3.05, 3.63) is 194 Å². The number of hydrogen-bond donors (Lipinski definition) is 0. The van der Waals surface area contributed by atoms with Crippen LogP contribution in [0.15, 0.2) is 203 Å². The van der Waals surface area contributed by atoms with Gasteiger partial charge in [-0.1, -0.05) is 164 Å². The molecule has 3 aromatic heterocycles. The highest BCUT2D eigenvalue weighted by Gasteiger charge is 2.22. The molecule has 0 aliphatic rings. The van der Waals surface area contributed by atoms with Crippen LogP contribution >= 0.6 is 0 Å². The second kappa shape index (κ2) is 13.1. The molecule has 3 heterocycles. The molecule has 0 saturated carbocycles. The summed E-state index contributed by atoms with van der Waals surface area (Å²) < 4.78 is 13.2. The Morgan fingerprint density at radius 2 is 0.732 bits per heavy atom. The Hall–Kier alpha value is -7.56. The normalized spacial score (nSPS) is 11.6. The van der Waals surface area contributed by atoms with E-state index in [1.54, 1.807) is 0 Å². The van der Waals surface area contributed by atoms with E-state index in [0.29, 0.717) is 5.82 Å². The molecule has 56 heavy (non-hydrogen) atoms. The maximum absolute atomic E-state index is 6.59. The summed E-state index contributed by atoms with van der Waals surface area (Å²) in [5, 5.41) is 4.23. The third-order valence-electron chi connectivity index (χ3n) is 10.8. The molecular formula is C52H32N2O2. The highest BCUT2D eigenvalue weighted by atomic mass is 16.3. The zero-order chi connectivity index (χ0) is 37.0. The smallest absolute Gasteiger partial charge is 0.161 e. The summed E-state index contributed by atoms with van der Waals surface area (Å²) >= 11 is 0. The van der Waals surface area contributed by atoms with Crippen molar-refractivity contribution in [1.82, 2.24) is 9.97 Å². The van der Waals surface area contributed by atoms with Gasteiger partial charge >= 0.3 is 0 Å². The van der Waals surface area contributed by atoms with E-state index in [1.165, 1.54) is 0 Å². The summed E-state index contributed by atoms with van der Waals surface area (Å²) in [7, 11) is 0. The fourth-order valence-electron chi connectivity index (χ4n) is 8.21. The van der Waals surface area contributed by atoms with E-state index in [2.05, 4.69) is 158 Å². The molecule has 0 aliphatic heterocycles. The largest absolute Gasteiger partial charge is 0.455 e. The van der Waals surface area contributed by atoms with E-state index in [1.807, 2.05) is 36.4 Å².